The molecule has 1 aliphatic carbocycles. The Hall–Kier alpha value is -1.38. The minimum Gasteiger partial charge on any atom is -0.299 e. The van der Waals surface area contributed by atoms with Crippen LogP contribution in [0.4, 0.5) is 0 Å². The van der Waals surface area contributed by atoms with E-state index in [1.54, 1.807) is 0 Å². The summed E-state index contributed by atoms with van der Waals surface area (Å²) in [6.45, 7) is 4.34. The second-order valence-electron chi connectivity index (χ2n) is 4.83. The molecule has 0 bridgehead atoms. The standard InChI is InChI=1S/C14H20N2O/c1-3-11(2)16-9-8-13(15-16)10-12-4-6-14(17)7-5-12/h4,8-9,11H,3,5-7,10H2,1-2H3. The zero-order chi connectivity index (χ0) is 12.3. The van der Waals surface area contributed by atoms with E-state index in [9.17, 15) is 4.79 Å². The fourth-order valence-electron chi connectivity index (χ4n) is 2.06. The molecule has 2 rings (SSSR count). The van der Waals surface area contributed by atoms with Crippen LogP contribution in [-0.2, 0) is 11.2 Å². The van der Waals surface area contributed by atoms with Gasteiger partial charge in [-0.1, -0.05) is 18.6 Å². The molecule has 3 heteroatoms. The van der Waals surface area contributed by atoms with Gasteiger partial charge in [-0.3, -0.25) is 9.48 Å². The number of aromatic nitrogens is 2. The predicted octanol–water partition coefficient (Wildman–Crippen LogP) is 3.08. The van der Waals surface area contributed by atoms with Crippen molar-refractivity contribution >= 4 is 5.78 Å². The van der Waals surface area contributed by atoms with E-state index in [0.29, 0.717) is 24.7 Å². The monoisotopic (exact) mass is 232 g/mol. The molecular weight excluding hydrogens is 212 g/mol. The highest BCUT2D eigenvalue weighted by Crippen LogP contribution is 2.19. The second-order valence-corrected chi connectivity index (χ2v) is 4.83. The summed E-state index contributed by atoms with van der Waals surface area (Å²) in [5.74, 6) is 0.360. The molecule has 0 aliphatic heterocycles. The third-order valence-electron chi connectivity index (χ3n) is 3.46. The molecule has 1 aromatic heterocycles. The molecule has 0 fully saturated rings. The Morgan fingerprint density at radius 3 is 2.94 bits per heavy atom. The zero-order valence-electron chi connectivity index (χ0n) is 10.6. The maximum absolute atomic E-state index is 11.1. The van der Waals surface area contributed by atoms with Crippen molar-refractivity contribution in [1.82, 2.24) is 9.78 Å². The van der Waals surface area contributed by atoms with Crippen LogP contribution >= 0.6 is 0 Å². The fraction of sp³-hybridized carbons (Fsp3) is 0.571. The van der Waals surface area contributed by atoms with Crippen molar-refractivity contribution < 1.29 is 4.79 Å². The number of Topliss-reactive ketones (excluding diaryl/α,β-unsaturated/α-hetero) is 1. The number of allylic oxidation sites excluding steroid dienone is 2. The van der Waals surface area contributed by atoms with Crippen molar-refractivity contribution in [3.63, 3.8) is 0 Å². The van der Waals surface area contributed by atoms with Crippen LogP contribution in [0, 0.1) is 0 Å². The topological polar surface area (TPSA) is 34.9 Å². The molecule has 0 saturated carbocycles. The molecule has 3 nitrogen and oxygen atoms in total. The Bertz CT molecular complexity index is 431. The number of carbonyl (C=O) groups is 1. The van der Waals surface area contributed by atoms with Crippen LogP contribution < -0.4 is 0 Å². The van der Waals surface area contributed by atoms with E-state index < -0.39 is 0 Å². The summed E-state index contributed by atoms with van der Waals surface area (Å²) in [7, 11) is 0. The highest BCUT2D eigenvalue weighted by molar-refractivity contribution is 5.81. The molecule has 1 heterocycles. The molecule has 0 radical (unpaired) electrons. The molecular formula is C14H20N2O. The van der Waals surface area contributed by atoms with Gasteiger partial charge in [0.15, 0.2) is 0 Å². The quantitative estimate of drug-likeness (QED) is 0.748. The van der Waals surface area contributed by atoms with E-state index in [0.717, 1.165) is 25.0 Å². The first-order valence-corrected chi connectivity index (χ1v) is 6.42. The maximum Gasteiger partial charge on any atom is 0.136 e. The largest absolute Gasteiger partial charge is 0.299 e. The summed E-state index contributed by atoms with van der Waals surface area (Å²) in [4.78, 5) is 11.1. The van der Waals surface area contributed by atoms with Gasteiger partial charge in [-0.15, -0.1) is 0 Å². The summed E-state index contributed by atoms with van der Waals surface area (Å²) in [6.07, 6.45) is 8.36. The number of ketones is 1. The maximum atomic E-state index is 11.1. The number of rotatable bonds is 4. The minimum atomic E-state index is 0.360. The van der Waals surface area contributed by atoms with Gasteiger partial charge in [-0.05, 0) is 25.8 Å². The SMILES string of the molecule is CCC(C)n1ccc(CC2=CCC(=O)CC2)n1. The highest BCUT2D eigenvalue weighted by Gasteiger charge is 2.12. The van der Waals surface area contributed by atoms with E-state index in [1.165, 1.54) is 5.57 Å². The molecule has 0 amide bonds. The molecule has 0 N–H and O–H groups in total. The predicted molar refractivity (Wildman–Crippen MR) is 67.9 cm³/mol. The fourth-order valence-corrected chi connectivity index (χ4v) is 2.06. The Kier molecular flexibility index (Phi) is 3.77. The van der Waals surface area contributed by atoms with Gasteiger partial charge >= 0.3 is 0 Å². The molecule has 1 unspecified atom stereocenters. The van der Waals surface area contributed by atoms with Crippen LogP contribution in [0.5, 0.6) is 0 Å². The lowest BCUT2D eigenvalue weighted by Crippen LogP contribution is -2.07. The molecule has 0 saturated heterocycles. The molecule has 1 atom stereocenters. The normalized spacial score (nSPS) is 18.0. The first-order valence-electron chi connectivity index (χ1n) is 6.42. The third-order valence-corrected chi connectivity index (χ3v) is 3.46. The second kappa shape index (κ2) is 5.30. The van der Waals surface area contributed by atoms with E-state index in [4.69, 9.17) is 0 Å². The first kappa shape index (κ1) is 12.1. The summed E-state index contributed by atoms with van der Waals surface area (Å²) in [6, 6.07) is 2.55. The number of carbonyl (C=O) groups excluding carboxylic acids is 1. The van der Waals surface area contributed by atoms with Crippen molar-refractivity contribution in [3.8, 4) is 0 Å². The van der Waals surface area contributed by atoms with Gasteiger partial charge in [0.25, 0.3) is 0 Å². The summed E-state index contributed by atoms with van der Waals surface area (Å²) in [5, 5.41) is 4.59. The van der Waals surface area contributed by atoms with E-state index >= 15 is 0 Å². The van der Waals surface area contributed by atoms with Crippen LogP contribution in [0.2, 0.25) is 0 Å². The van der Waals surface area contributed by atoms with E-state index in [-0.39, 0.29) is 0 Å². The van der Waals surface area contributed by atoms with Crippen LogP contribution in [0.25, 0.3) is 0 Å². The van der Waals surface area contributed by atoms with Gasteiger partial charge in [0, 0.05) is 31.5 Å². The Balaban J connectivity index is 1.99. The first-order chi connectivity index (χ1) is 8.19. The highest BCUT2D eigenvalue weighted by atomic mass is 16.1. The molecule has 0 aromatic carbocycles. The van der Waals surface area contributed by atoms with Crippen molar-refractivity contribution in [1.29, 1.82) is 0 Å². The summed E-state index contributed by atoms with van der Waals surface area (Å²) in [5.41, 5.74) is 2.48. The lowest BCUT2D eigenvalue weighted by atomic mass is 9.95. The smallest absolute Gasteiger partial charge is 0.136 e. The van der Waals surface area contributed by atoms with E-state index in [2.05, 4.69) is 37.3 Å². The van der Waals surface area contributed by atoms with Crippen molar-refractivity contribution in [2.75, 3.05) is 0 Å². The molecule has 0 spiro atoms. The lowest BCUT2D eigenvalue weighted by molar-refractivity contribution is -0.118. The zero-order valence-corrected chi connectivity index (χ0v) is 10.6. The summed E-state index contributed by atoms with van der Waals surface area (Å²) >= 11 is 0. The Labute approximate surface area is 103 Å². The molecule has 92 valence electrons. The number of hydrogen-bond donors (Lipinski definition) is 0. The average molecular weight is 232 g/mol. The third kappa shape index (κ3) is 3.05. The van der Waals surface area contributed by atoms with Gasteiger partial charge in [0.1, 0.15) is 5.78 Å². The molecule has 17 heavy (non-hydrogen) atoms. The van der Waals surface area contributed by atoms with Gasteiger partial charge in [0.05, 0.1) is 5.69 Å². The summed E-state index contributed by atoms with van der Waals surface area (Å²) < 4.78 is 2.03. The Morgan fingerprint density at radius 1 is 1.47 bits per heavy atom. The minimum absolute atomic E-state index is 0.360. The lowest BCUT2D eigenvalue weighted by Gasteiger charge is -2.11. The molecule has 1 aromatic rings. The average Bonchev–Trinajstić information content (AvgIpc) is 2.80. The van der Waals surface area contributed by atoms with Crippen LogP contribution in [-0.4, -0.2) is 15.6 Å². The van der Waals surface area contributed by atoms with Gasteiger partial charge in [-0.25, -0.2) is 0 Å². The molecule has 1 aliphatic rings. The van der Waals surface area contributed by atoms with E-state index in [1.807, 2.05) is 4.68 Å². The van der Waals surface area contributed by atoms with Crippen LogP contribution in [0.3, 0.4) is 0 Å². The van der Waals surface area contributed by atoms with Crippen LogP contribution in [0.1, 0.15) is 51.3 Å². The van der Waals surface area contributed by atoms with Gasteiger partial charge in [-0.2, -0.15) is 5.10 Å². The van der Waals surface area contributed by atoms with Gasteiger partial charge in [0.2, 0.25) is 0 Å². The number of nitrogens with zero attached hydrogens (tertiary/aromatic N) is 2. The van der Waals surface area contributed by atoms with Gasteiger partial charge < -0.3 is 0 Å². The van der Waals surface area contributed by atoms with Crippen molar-refractivity contribution in [2.45, 2.75) is 52.0 Å². The number of hydrogen-bond acceptors (Lipinski definition) is 2. The van der Waals surface area contributed by atoms with Crippen molar-refractivity contribution in [3.05, 3.63) is 29.6 Å². The Morgan fingerprint density at radius 2 is 2.29 bits per heavy atom. The van der Waals surface area contributed by atoms with Crippen molar-refractivity contribution in [2.24, 2.45) is 0 Å². The van der Waals surface area contributed by atoms with Crippen LogP contribution in [0.15, 0.2) is 23.9 Å².